The van der Waals surface area contributed by atoms with Gasteiger partial charge in [-0.25, -0.2) is 4.79 Å². The van der Waals surface area contributed by atoms with Crippen LogP contribution in [0.1, 0.15) is 10.4 Å². The van der Waals surface area contributed by atoms with Crippen LogP contribution in [0, 0.1) is 0 Å². The van der Waals surface area contributed by atoms with Crippen LogP contribution in [-0.4, -0.2) is 36.7 Å². The summed E-state index contributed by atoms with van der Waals surface area (Å²) in [6.45, 7) is 0.202. The van der Waals surface area contributed by atoms with E-state index in [9.17, 15) is 9.59 Å². The third kappa shape index (κ3) is 4.60. The van der Waals surface area contributed by atoms with Gasteiger partial charge in [0.2, 0.25) is 0 Å². The van der Waals surface area contributed by atoms with Crippen molar-refractivity contribution in [2.45, 2.75) is 0 Å². The Hall–Kier alpha value is -1.79. The predicted molar refractivity (Wildman–Crippen MR) is 66.9 cm³/mol. The molecule has 7 heteroatoms. The molecule has 4 N–H and O–H groups in total. The van der Waals surface area contributed by atoms with Crippen LogP contribution in [0.2, 0.25) is 5.02 Å². The Morgan fingerprint density at radius 2 is 2.17 bits per heavy atom. The highest BCUT2D eigenvalue weighted by Crippen LogP contribution is 2.19. The normalized spacial score (nSPS) is 10.1. The maximum atomic E-state index is 11.2. The average Bonchev–Trinajstić information content (AvgIpc) is 2.29. The van der Waals surface area contributed by atoms with Crippen molar-refractivity contribution in [3.63, 3.8) is 0 Å². The molecule has 18 heavy (non-hydrogen) atoms. The van der Waals surface area contributed by atoms with Gasteiger partial charge in [0, 0.05) is 17.3 Å². The van der Waals surface area contributed by atoms with Crippen LogP contribution >= 0.6 is 11.6 Å². The third-order valence-electron chi connectivity index (χ3n) is 2.03. The number of ether oxygens (including phenoxy) is 1. The fraction of sp³-hybridized carbons (Fsp3) is 0.273. The summed E-state index contributed by atoms with van der Waals surface area (Å²) in [5.41, 5.74) is 6.02. The first-order valence-corrected chi connectivity index (χ1v) is 5.51. The number of anilines is 1. The molecule has 1 aromatic rings. The van der Waals surface area contributed by atoms with Gasteiger partial charge in [0.25, 0.3) is 5.91 Å². The second-order valence-corrected chi connectivity index (χ2v) is 3.86. The van der Waals surface area contributed by atoms with Crippen LogP contribution in [0.4, 0.5) is 5.69 Å². The Bertz CT molecular complexity index is 451. The van der Waals surface area contributed by atoms with Gasteiger partial charge in [0.15, 0.2) is 0 Å². The number of carboxylic acids is 1. The molecule has 0 radical (unpaired) electrons. The van der Waals surface area contributed by atoms with Crippen molar-refractivity contribution < 1.29 is 19.4 Å². The summed E-state index contributed by atoms with van der Waals surface area (Å²) >= 11 is 5.75. The van der Waals surface area contributed by atoms with Gasteiger partial charge in [-0.3, -0.25) is 4.79 Å². The quantitative estimate of drug-likeness (QED) is 0.642. The van der Waals surface area contributed by atoms with Crippen LogP contribution < -0.4 is 11.1 Å². The van der Waals surface area contributed by atoms with Gasteiger partial charge in [-0.15, -0.1) is 0 Å². The number of primary amides is 1. The first-order chi connectivity index (χ1) is 8.50. The number of rotatable bonds is 7. The van der Waals surface area contributed by atoms with Crippen LogP contribution in [0.15, 0.2) is 18.2 Å². The van der Waals surface area contributed by atoms with E-state index in [4.69, 9.17) is 27.2 Å². The van der Waals surface area contributed by atoms with Gasteiger partial charge in [-0.2, -0.15) is 0 Å². The predicted octanol–water partition coefficient (Wildman–Crippen LogP) is 0.952. The number of hydrogen-bond acceptors (Lipinski definition) is 4. The van der Waals surface area contributed by atoms with Crippen LogP contribution in [-0.2, 0) is 9.53 Å². The number of nitrogens with one attached hydrogen (secondary N) is 1. The van der Waals surface area contributed by atoms with E-state index < -0.39 is 11.9 Å². The van der Waals surface area contributed by atoms with Gasteiger partial charge in [-0.1, -0.05) is 11.6 Å². The molecule has 0 bridgehead atoms. The van der Waals surface area contributed by atoms with Crippen LogP contribution in [0.25, 0.3) is 0 Å². The number of benzene rings is 1. The topological polar surface area (TPSA) is 102 Å². The molecule has 0 aliphatic heterocycles. The minimum absolute atomic E-state index is 0.202. The summed E-state index contributed by atoms with van der Waals surface area (Å²) in [5.74, 6) is -1.62. The second-order valence-electron chi connectivity index (χ2n) is 3.43. The number of hydrogen-bond donors (Lipinski definition) is 3. The number of halogens is 1. The highest BCUT2D eigenvalue weighted by Gasteiger charge is 2.08. The zero-order valence-corrected chi connectivity index (χ0v) is 10.2. The number of carbonyl (C=O) groups excluding carboxylic acids is 1. The number of nitrogens with two attached hydrogens (primary N) is 1. The molecular formula is C11H13ClN2O4. The summed E-state index contributed by atoms with van der Waals surface area (Å²) in [7, 11) is 0. The van der Waals surface area contributed by atoms with Crippen molar-refractivity contribution in [2.75, 3.05) is 25.1 Å². The Morgan fingerprint density at radius 1 is 1.44 bits per heavy atom. The van der Waals surface area contributed by atoms with Gasteiger partial charge in [0.05, 0.1) is 12.2 Å². The SMILES string of the molecule is NC(=O)c1cc(Cl)ccc1NCCOCC(=O)O. The van der Waals surface area contributed by atoms with Crippen LogP contribution in [0.3, 0.4) is 0 Å². The maximum Gasteiger partial charge on any atom is 0.329 e. The summed E-state index contributed by atoms with van der Waals surface area (Å²) in [4.78, 5) is 21.4. The Morgan fingerprint density at radius 3 is 2.78 bits per heavy atom. The Balaban J connectivity index is 2.51. The van der Waals surface area contributed by atoms with E-state index in [0.717, 1.165) is 0 Å². The molecule has 1 amide bonds. The van der Waals surface area contributed by atoms with E-state index >= 15 is 0 Å². The van der Waals surface area contributed by atoms with Crippen LogP contribution in [0.5, 0.6) is 0 Å². The molecular weight excluding hydrogens is 260 g/mol. The molecule has 0 aromatic heterocycles. The molecule has 98 valence electrons. The van der Waals surface area contributed by atoms with E-state index in [1.165, 1.54) is 6.07 Å². The van der Waals surface area contributed by atoms with E-state index in [-0.39, 0.29) is 18.8 Å². The lowest BCUT2D eigenvalue weighted by Crippen LogP contribution is -2.18. The van der Waals surface area contributed by atoms with Gasteiger partial charge in [0.1, 0.15) is 6.61 Å². The molecule has 0 fully saturated rings. The monoisotopic (exact) mass is 272 g/mol. The van der Waals surface area contributed by atoms with Gasteiger partial charge < -0.3 is 20.9 Å². The van der Waals surface area contributed by atoms with Gasteiger partial charge in [-0.05, 0) is 18.2 Å². The van der Waals surface area contributed by atoms with Crippen molar-refractivity contribution in [3.05, 3.63) is 28.8 Å². The smallest absolute Gasteiger partial charge is 0.329 e. The van der Waals surface area contributed by atoms with Crippen molar-refractivity contribution in [3.8, 4) is 0 Å². The lowest BCUT2D eigenvalue weighted by Gasteiger charge is -2.10. The summed E-state index contributed by atoms with van der Waals surface area (Å²) < 4.78 is 4.84. The van der Waals surface area contributed by atoms with E-state index in [0.29, 0.717) is 17.3 Å². The van der Waals surface area contributed by atoms with Crippen molar-refractivity contribution in [1.82, 2.24) is 0 Å². The standard InChI is InChI=1S/C11H13ClN2O4/c12-7-1-2-9(8(5-7)11(13)17)14-3-4-18-6-10(15)16/h1-2,5,14H,3-4,6H2,(H2,13,17)(H,15,16). The molecule has 0 atom stereocenters. The fourth-order valence-electron chi connectivity index (χ4n) is 1.29. The zero-order chi connectivity index (χ0) is 13.5. The third-order valence-corrected chi connectivity index (χ3v) is 2.27. The minimum Gasteiger partial charge on any atom is -0.480 e. The molecule has 0 aliphatic carbocycles. The van der Waals surface area contributed by atoms with Gasteiger partial charge >= 0.3 is 5.97 Å². The molecule has 1 rings (SSSR count). The molecule has 0 saturated carbocycles. The first-order valence-electron chi connectivity index (χ1n) is 5.13. The lowest BCUT2D eigenvalue weighted by atomic mass is 10.1. The van der Waals surface area contributed by atoms with E-state index in [1.54, 1.807) is 12.1 Å². The van der Waals surface area contributed by atoms with Crippen molar-refractivity contribution in [1.29, 1.82) is 0 Å². The molecule has 0 saturated heterocycles. The summed E-state index contributed by atoms with van der Waals surface area (Å²) in [6, 6.07) is 4.71. The second kappa shape index (κ2) is 6.83. The maximum absolute atomic E-state index is 11.2. The molecule has 0 spiro atoms. The molecule has 0 unspecified atom stereocenters. The number of carboxylic acid groups (broad SMARTS) is 1. The lowest BCUT2D eigenvalue weighted by molar-refractivity contribution is -0.142. The summed E-state index contributed by atoms with van der Waals surface area (Å²) in [5, 5.41) is 11.7. The van der Waals surface area contributed by atoms with Crippen molar-refractivity contribution >= 4 is 29.2 Å². The molecule has 0 aliphatic rings. The molecule has 6 nitrogen and oxygen atoms in total. The van der Waals surface area contributed by atoms with E-state index in [1.807, 2.05) is 0 Å². The molecule has 1 aromatic carbocycles. The zero-order valence-electron chi connectivity index (χ0n) is 9.48. The minimum atomic E-state index is -1.03. The Kier molecular flexibility index (Phi) is 5.41. The highest BCUT2D eigenvalue weighted by molar-refractivity contribution is 6.31. The first kappa shape index (κ1) is 14.3. The largest absolute Gasteiger partial charge is 0.480 e. The number of amides is 1. The van der Waals surface area contributed by atoms with Crippen molar-refractivity contribution in [2.24, 2.45) is 5.73 Å². The number of carbonyl (C=O) groups is 2. The number of aliphatic carboxylic acids is 1. The fourth-order valence-corrected chi connectivity index (χ4v) is 1.46. The Labute approximate surface area is 109 Å². The average molecular weight is 273 g/mol. The summed E-state index contributed by atoms with van der Waals surface area (Å²) in [6.07, 6.45) is 0. The van der Waals surface area contributed by atoms with E-state index in [2.05, 4.69) is 5.32 Å². The highest BCUT2D eigenvalue weighted by atomic mass is 35.5. The molecule has 0 heterocycles.